The van der Waals surface area contributed by atoms with Crippen LogP contribution in [0.4, 0.5) is 0 Å². The van der Waals surface area contributed by atoms with Crippen molar-refractivity contribution in [2.24, 2.45) is 5.73 Å². The summed E-state index contributed by atoms with van der Waals surface area (Å²) in [4.78, 5) is 8.21. The summed E-state index contributed by atoms with van der Waals surface area (Å²) in [6.07, 6.45) is 3.16. The van der Waals surface area contributed by atoms with Crippen molar-refractivity contribution in [1.82, 2.24) is 19.7 Å². The topological polar surface area (TPSA) is 78.9 Å². The van der Waals surface area contributed by atoms with Crippen LogP contribution in [0.5, 0.6) is 5.88 Å². The molecule has 0 aliphatic rings. The van der Waals surface area contributed by atoms with Crippen LogP contribution in [0.3, 0.4) is 0 Å². The molecule has 1 atom stereocenters. The van der Waals surface area contributed by atoms with Crippen LogP contribution in [0.15, 0.2) is 55.0 Å². The van der Waals surface area contributed by atoms with Crippen molar-refractivity contribution in [3.63, 3.8) is 0 Å². The van der Waals surface area contributed by atoms with Crippen LogP contribution in [0, 0.1) is 0 Å². The molecule has 2 heterocycles. The number of nitrogens with zero attached hydrogens (tertiary/aromatic N) is 4. The molecule has 106 valence electrons. The fourth-order valence-corrected chi connectivity index (χ4v) is 2.12. The molecule has 0 radical (unpaired) electrons. The van der Waals surface area contributed by atoms with E-state index in [1.807, 2.05) is 36.4 Å². The molecule has 0 aliphatic carbocycles. The Labute approximate surface area is 122 Å². The first kappa shape index (κ1) is 13.3. The first-order valence-corrected chi connectivity index (χ1v) is 6.50. The summed E-state index contributed by atoms with van der Waals surface area (Å²) in [5.41, 5.74) is 8.80. The second-order valence-corrected chi connectivity index (χ2v) is 4.47. The lowest BCUT2D eigenvalue weighted by molar-refractivity contribution is 0.395. The number of hydrogen-bond acceptors (Lipinski definition) is 5. The molecule has 0 amide bonds. The molecule has 0 saturated carbocycles. The average molecular weight is 281 g/mol. The second-order valence-electron chi connectivity index (χ2n) is 4.47. The van der Waals surface area contributed by atoms with E-state index in [0.29, 0.717) is 11.6 Å². The van der Waals surface area contributed by atoms with Crippen molar-refractivity contribution < 1.29 is 4.74 Å². The molecule has 3 rings (SSSR count). The van der Waals surface area contributed by atoms with Crippen LogP contribution in [-0.4, -0.2) is 26.9 Å². The van der Waals surface area contributed by atoms with E-state index in [4.69, 9.17) is 10.5 Å². The maximum absolute atomic E-state index is 6.32. The Kier molecular flexibility index (Phi) is 3.61. The van der Waals surface area contributed by atoms with Gasteiger partial charge in [-0.1, -0.05) is 18.2 Å². The minimum atomic E-state index is -0.412. The van der Waals surface area contributed by atoms with Crippen LogP contribution in [0.25, 0.3) is 5.69 Å². The predicted molar refractivity (Wildman–Crippen MR) is 78.2 cm³/mol. The average Bonchev–Trinajstić information content (AvgIpc) is 3.04. The summed E-state index contributed by atoms with van der Waals surface area (Å²) in [6.45, 7) is 0. The molecule has 6 nitrogen and oxygen atoms in total. The third-order valence-electron chi connectivity index (χ3n) is 3.18. The molecule has 0 saturated heterocycles. The normalized spacial score (nSPS) is 12.1. The summed E-state index contributed by atoms with van der Waals surface area (Å²) < 4.78 is 6.91. The van der Waals surface area contributed by atoms with E-state index in [0.717, 1.165) is 11.4 Å². The number of nitrogens with two attached hydrogens (primary N) is 1. The van der Waals surface area contributed by atoms with Gasteiger partial charge in [0, 0.05) is 12.3 Å². The summed E-state index contributed by atoms with van der Waals surface area (Å²) >= 11 is 0. The van der Waals surface area contributed by atoms with Gasteiger partial charge in [0.1, 0.15) is 6.33 Å². The zero-order valence-electron chi connectivity index (χ0n) is 11.5. The Morgan fingerprint density at radius 1 is 1.14 bits per heavy atom. The first-order valence-electron chi connectivity index (χ1n) is 6.50. The van der Waals surface area contributed by atoms with E-state index in [9.17, 15) is 0 Å². The number of benzene rings is 1. The van der Waals surface area contributed by atoms with Crippen molar-refractivity contribution in [3.8, 4) is 11.6 Å². The van der Waals surface area contributed by atoms with E-state index in [-0.39, 0.29) is 0 Å². The second kappa shape index (κ2) is 5.72. The number of rotatable bonds is 4. The lowest BCUT2D eigenvalue weighted by Gasteiger charge is -2.14. The molecule has 6 heteroatoms. The molecule has 2 aromatic heterocycles. The maximum Gasteiger partial charge on any atom is 0.216 e. The van der Waals surface area contributed by atoms with Gasteiger partial charge in [0.05, 0.1) is 30.2 Å². The zero-order valence-corrected chi connectivity index (χ0v) is 11.5. The van der Waals surface area contributed by atoms with Crippen LogP contribution in [0.1, 0.15) is 17.4 Å². The molecule has 0 fully saturated rings. The third kappa shape index (κ3) is 2.61. The van der Waals surface area contributed by atoms with Crippen LogP contribution < -0.4 is 10.5 Å². The molecule has 1 unspecified atom stereocenters. The van der Waals surface area contributed by atoms with Gasteiger partial charge in [0.15, 0.2) is 0 Å². The predicted octanol–water partition coefficient (Wildman–Crippen LogP) is 1.72. The van der Waals surface area contributed by atoms with Gasteiger partial charge in [-0.25, -0.2) is 14.6 Å². The van der Waals surface area contributed by atoms with Gasteiger partial charge in [-0.05, 0) is 18.2 Å². The molecule has 0 spiro atoms. The number of para-hydroxylation sites is 1. The number of hydrogen-bond donors (Lipinski definition) is 1. The largest absolute Gasteiger partial charge is 0.481 e. The Morgan fingerprint density at radius 3 is 2.71 bits per heavy atom. The van der Waals surface area contributed by atoms with Gasteiger partial charge in [0.25, 0.3) is 0 Å². The molecule has 0 aliphatic heterocycles. The van der Waals surface area contributed by atoms with Crippen molar-refractivity contribution in [3.05, 3.63) is 66.4 Å². The highest BCUT2D eigenvalue weighted by Crippen LogP contribution is 2.22. The summed E-state index contributed by atoms with van der Waals surface area (Å²) in [6, 6.07) is 13.0. The van der Waals surface area contributed by atoms with Crippen LogP contribution >= 0.6 is 0 Å². The molecule has 21 heavy (non-hydrogen) atoms. The Balaban J connectivity index is 1.99. The number of methoxy groups -OCH3 is 1. The lowest BCUT2D eigenvalue weighted by atomic mass is 10.1. The van der Waals surface area contributed by atoms with Gasteiger partial charge >= 0.3 is 0 Å². The quantitative estimate of drug-likeness (QED) is 0.787. The van der Waals surface area contributed by atoms with Crippen LogP contribution in [0.2, 0.25) is 0 Å². The van der Waals surface area contributed by atoms with Crippen molar-refractivity contribution >= 4 is 0 Å². The van der Waals surface area contributed by atoms with Crippen molar-refractivity contribution in [2.45, 2.75) is 6.04 Å². The highest BCUT2D eigenvalue weighted by Gasteiger charge is 2.17. The standard InChI is InChI=1S/C15H15N5O/c1-21-14-9-12(17-10-18-14)15(16)13-7-8-19-20(13)11-5-3-2-4-6-11/h2-10,15H,16H2,1H3. The molecule has 3 aromatic rings. The van der Waals surface area contributed by atoms with E-state index in [2.05, 4.69) is 15.1 Å². The minimum absolute atomic E-state index is 0.412. The molecule has 1 aromatic carbocycles. The zero-order chi connectivity index (χ0) is 14.7. The highest BCUT2D eigenvalue weighted by atomic mass is 16.5. The SMILES string of the molecule is COc1cc(C(N)c2ccnn2-c2ccccc2)ncn1. The van der Waals surface area contributed by atoms with E-state index in [1.54, 1.807) is 24.1 Å². The van der Waals surface area contributed by atoms with Crippen molar-refractivity contribution in [2.75, 3.05) is 7.11 Å². The smallest absolute Gasteiger partial charge is 0.216 e. The maximum atomic E-state index is 6.32. The van der Waals surface area contributed by atoms with Gasteiger partial charge in [0.2, 0.25) is 5.88 Å². The van der Waals surface area contributed by atoms with E-state index >= 15 is 0 Å². The Bertz CT molecular complexity index is 726. The van der Waals surface area contributed by atoms with E-state index in [1.165, 1.54) is 6.33 Å². The monoisotopic (exact) mass is 281 g/mol. The van der Waals surface area contributed by atoms with Gasteiger partial charge in [-0.2, -0.15) is 5.10 Å². The molecule has 2 N–H and O–H groups in total. The summed E-state index contributed by atoms with van der Waals surface area (Å²) in [5.74, 6) is 0.487. The van der Waals surface area contributed by atoms with Crippen LogP contribution in [-0.2, 0) is 0 Å². The van der Waals surface area contributed by atoms with Gasteiger partial charge in [-0.15, -0.1) is 0 Å². The number of ether oxygens (including phenoxy) is 1. The van der Waals surface area contributed by atoms with E-state index < -0.39 is 6.04 Å². The summed E-state index contributed by atoms with van der Waals surface area (Å²) in [5, 5.41) is 4.34. The third-order valence-corrected chi connectivity index (χ3v) is 3.18. The highest BCUT2D eigenvalue weighted by molar-refractivity contribution is 5.35. The number of aromatic nitrogens is 4. The molecule has 0 bridgehead atoms. The Hall–Kier alpha value is -2.73. The van der Waals surface area contributed by atoms with Gasteiger partial charge < -0.3 is 10.5 Å². The van der Waals surface area contributed by atoms with Gasteiger partial charge in [-0.3, -0.25) is 0 Å². The molecular formula is C15H15N5O. The fraction of sp³-hybridized carbons (Fsp3) is 0.133. The lowest BCUT2D eigenvalue weighted by Crippen LogP contribution is -2.18. The summed E-state index contributed by atoms with van der Waals surface area (Å²) in [7, 11) is 1.56. The fourth-order valence-electron chi connectivity index (χ4n) is 2.12. The minimum Gasteiger partial charge on any atom is -0.481 e. The first-order chi connectivity index (χ1) is 10.3. The Morgan fingerprint density at radius 2 is 1.95 bits per heavy atom. The van der Waals surface area contributed by atoms with Crippen molar-refractivity contribution in [1.29, 1.82) is 0 Å². The molecular weight excluding hydrogens is 266 g/mol.